The van der Waals surface area contributed by atoms with Crippen molar-refractivity contribution in [3.8, 4) is 0 Å². The van der Waals surface area contributed by atoms with Gasteiger partial charge in [0.2, 0.25) is 0 Å². The van der Waals surface area contributed by atoms with Gasteiger partial charge in [-0.05, 0) is 44.4 Å². The summed E-state index contributed by atoms with van der Waals surface area (Å²) in [4.78, 5) is 0. The van der Waals surface area contributed by atoms with Crippen LogP contribution in [0.3, 0.4) is 0 Å². The molecule has 1 N–H and O–H groups in total. The molecular formula is C12H21N. The summed E-state index contributed by atoms with van der Waals surface area (Å²) in [5, 5.41) is 3.80. The molecule has 3 atom stereocenters. The molecule has 1 fully saturated rings. The molecule has 2 aliphatic carbocycles. The largest absolute Gasteiger partial charge is 0.311 e. The Morgan fingerprint density at radius 1 is 1.08 bits per heavy atom. The van der Waals surface area contributed by atoms with Crippen LogP contribution < -0.4 is 5.32 Å². The van der Waals surface area contributed by atoms with Gasteiger partial charge in [-0.1, -0.05) is 19.1 Å². The van der Waals surface area contributed by atoms with Crippen molar-refractivity contribution in [3.63, 3.8) is 0 Å². The first-order chi connectivity index (χ1) is 6.34. The Morgan fingerprint density at radius 2 is 2.00 bits per heavy atom. The molecule has 0 spiro atoms. The number of hydrogen-bond acceptors (Lipinski definition) is 1. The Morgan fingerprint density at radius 3 is 2.62 bits per heavy atom. The van der Waals surface area contributed by atoms with Crippen molar-refractivity contribution in [2.45, 2.75) is 57.5 Å². The lowest BCUT2D eigenvalue weighted by molar-refractivity contribution is 0.399. The van der Waals surface area contributed by atoms with Gasteiger partial charge in [0, 0.05) is 12.1 Å². The fourth-order valence-electron chi connectivity index (χ4n) is 2.64. The lowest BCUT2D eigenvalue weighted by Crippen LogP contribution is -2.37. The quantitative estimate of drug-likeness (QED) is 0.643. The highest BCUT2D eigenvalue weighted by atomic mass is 15.0. The summed E-state index contributed by atoms with van der Waals surface area (Å²) in [5.41, 5.74) is 0. The van der Waals surface area contributed by atoms with Crippen LogP contribution in [-0.2, 0) is 0 Å². The molecule has 1 nitrogen and oxygen atoms in total. The summed E-state index contributed by atoms with van der Waals surface area (Å²) in [5.74, 6) is 0.955. The van der Waals surface area contributed by atoms with Crippen molar-refractivity contribution >= 4 is 0 Å². The highest BCUT2D eigenvalue weighted by Crippen LogP contribution is 2.26. The first-order valence-electron chi connectivity index (χ1n) is 5.75. The molecule has 0 aromatic rings. The van der Waals surface area contributed by atoms with Crippen molar-refractivity contribution in [2.24, 2.45) is 5.92 Å². The average molecular weight is 179 g/mol. The van der Waals surface area contributed by atoms with Crippen LogP contribution in [0.5, 0.6) is 0 Å². The zero-order chi connectivity index (χ0) is 9.10. The Hall–Kier alpha value is -0.300. The highest BCUT2D eigenvalue weighted by molar-refractivity contribution is 4.94. The molecule has 0 radical (unpaired) electrons. The maximum Gasteiger partial charge on any atom is 0.0107 e. The van der Waals surface area contributed by atoms with E-state index < -0.39 is 0 Å². The number of nitrogens with one attached hydrogen (secondary N) is 1. The monoisotopic (exact) mass is 179 g/mol. The second-order valence-electron chi connectivity index (χ2n) is 4.76. The summed E-state index contributed by atoms with van der Waals surface area (Å²) in [7, 11) is 0. The van der Waals surface area contributed by atoms with Gasteiger partial charge < -0.3 is 5.32 Å². The normalized spacial score (nSPS) is 39.6. The van der Waals surface area contributed by atoms with Crippen molar-refractivity contribution in [2.75, 3.05) is 0 Å². The van der Waals surface area contributed by atoms with Gasteiger partial charge >= 0.3 is 0 Å². The Balaban J connectivity index is 1.74. The number of rotatable bonds is 2. The molecule has 74 valence electrons. The van der Waals surface area contributed by atoms with Gasteiger partial charge in [-0.15, -0.1) is 0 Å². The van der Waals surface area contributed by atoms with E-state index in [4.69, 9.17) is 0 Å². The van der Waals surface area contributed by atoms with Crippen LogP contribution >= 0.6 is 0 Å². The van der Waals surface area contributed by atoms with E-state index in [2.05, 4.69) is 24.4 Å². The minimum Gasteiger partial charge on any atom is -0.311 e. The van der Waals surface area contributed by atoms with Gasteiger partial charge in [0.1, 0.15) is 0 Å². The smallest absolute Gasteiger partial charge is 0.0107 e. The predicted octanol–water partition coefficient (Wildman–Crippen LogP) is 2.87. The third kappa shape index (κ3) is 2.57. The van der Waals surface area contributed by atoms with Gasteiger partial charge in [0.15, 0.2) is 0 Å². The lowest BCUT2D eigenvalue weighted by atomic mass is 10.0. The Labute approximate surface area is 81.6 Å². The topological polar surface area (TPSA) is 12.0 Å². The van der Waals surface area contributed by atoms with E-state index in [1.54, 1.807) is 0 Å². The highest BCUT2D eigenvalue weighted by Gasteiger charge is 2.23. The molecule has 0 saturated heterocycles. The van der Waals surface area contributed by atoms with E-state index in [-0.39, 0.29) is 0 Å². The van der Waals surface area contributed by atoms with Crippen molar-refractivity contribution in [1.29, 1.82) is 0 Å². The SMILES string of the molecule is CC1CCC(NC2CC=CCC2)C1. The van der Waals surface area contributed by atoms with Gasteiger partial charge in [-0.25, -0.2) is 0 Å². The van der Waals surface area contributed by atoms with E-state index in [0.717, 1.165) is 18.0 Å². The van der Waals surface area contributed by atoms with Crippen LogP contribution in [0.25, 0.3) is 0 Å². The average Bonchev–Trinajstić information content (AvgIpc) is 2.53. The van der Waals surface area contributed by atoms with Crippen LogP contribution in [0.4, 0.5) is 0 Å². The number of allylic oxidation sites excluding steroid dienone is 1. The Kier molecular flexibility index (Phi) is 3.05. The van der Waals surface area contributed by atoms with Crippen LogP contribution in [0.2, 0.25) is 0 Å². The molecule has 0 aromatic carbocycles. The van der Waals surface area contributed by atoms with Crippen LogP contribution in [0, 0.1) is 5.92 Å². The zero-order valence-corrected chi connectivity index (χ0v) is 8.63. The molecule has 1 saturated carbocycles. The summed E-state index contributed by atoms with van der Waals surface area (Å²) in [6, 6.07) is 1.60. The van der Waals surface area contributed by atoms with Gasteiger partial charge in [0.05, 0.1) is 0 Å². The first-order valence-corrected chi connectivity index (χ1v) is 5.75. The Bertz CT molecular complexity index is 186. The van der Waals surface area contributed by atoms with E-state index in [1.165, 1.54) is 38.5 Å². The van der Waals surface area contributed by atoms with Crippen molar-refractivity contribution in [3.05, 3.63) is 12.2 Å². The predicted molar refractivity (Wildman–Crippen MR) is 56.7 cm³/mol. The second-order valence-corrected chi connectivity index (χ2v) is 4.76. The van der Waals surface area contributed by atoms with E-state index in [1.807, 2.05) is 0 Å². The van der Waals surface area contributed by atoms with Crippen molar-refractivity contribution < 1.29 is 0 Å². The summed E-state index contributed by atoms with van der Waals surface area (Å²) in [6.07, 6.45) is 12.8. The lowest BCUT2D eigenvalue weighted by Gasteiger charge is -2.23. The summed E-state index contributed by atoms with van der Waals surface area (Å²) >= 11 is 0. The van der Waals surface area contributed by atoms with Gasteiger partial charge in [-0.3, -0.25) is 0 Å². The summed E-state index contributed by atoms with van der Waals surface area (Å²) in [6.45, 7) is 2.38. The van der Waals surface area contributed by atoms with Crippen LogP contribution in [0.15, 0.2) is 12.2 Å². The molecule has 0 aliphatic heterocycles. The fraction of sp³-hybridized carbons (Fsp3) is 0.833. The van der Waals surface area contributed by atoms with Crippen molar-refractivity contribution in [1.82, 2.24) is 5.32 Å². The van der Waals surface area contributed by atoms with E-state index >= 15 is 0 Å². The standard InChI is InChI=1S/C12H21N/c1-10-7-8-12(9-10)13-11-5-3-2-4-6-11/h2-3,10-13H,4-9H2,1H3. The minimum atomic E-state index is 0.778. The molecule has 2 aliphatic rings. The molecule has 0 bridgehead atoms. The van der Waals surface area contributed by atoms with Crippen LogP contribution in [-0.4, -0.2) is 12.1 Å². The van der Waals surface area contributed by atoms with E-state index in [9.17, 15) is 0 Å². The molecule has 3 unspecified atom stereocenters. The van der Waals surface area contributed by atoms with E-state index in [0.29, 0.717) is 0 Å². The first kappa shape index (κ1) is 9.26. The molecule has 0 heterocycles. The molecule has 1 heteroatoms. The number of hydrogen-bond donors (Lipinski definition) is 1. The third-order valence-corrected chi connectivity index (χ3v) is 3.44. The second kappa shape index (κ2) is 4.28. The molecule has 13 heavy (non-hydrogen) atoms. The maximum absolute atomic E-state index is 3.80. The minimum absolute atomic E-state index is 0.778. The van der Waals surface area contributed by atoms with Gasteiger partial charge in [-0.2, -0.15) is 0 Å². The third-order valence-electron chi connectivity index (χ3n) is 3.44. The molecule has 0 aromatic heterocycles. The maximum atomic E-state index is 3.80. The fourth-order valence-corrected chi connectivity index (χ4v) is 2.64. The molecule has 0 amide bonds. The molecular weight excluding hydrogens is 158 g/mol. The summed E-state index contributed by atoms with van der Waals surface area (Å²) < 4.78 is 0. The molecule has 2 rings (SSSR count). The van der Waals surface area contributed by atoms with Gasteiger partial charge in [0.25, 0.3) is 0 Å². The zero-order valence-electron chi connectivity index (χ0n) is 8.63. The van der Waals surface area contributed by atoms with Crippen LogP contribution in [0.1, 0.15) is 45.4 Å².